The van der Waals surface area contributed by atoms with Gasteiger partial charge < -0.3 is 19.2 Å². The number of aromatic nitrogens is 2. The molecular formula is C32H48N5O4+. The lowest BCUT2D eigenvalue weighted by Gasteiger charge is -2.30. The number of carbonyl (C=O) groups excluding carboxylic acids is 1. The Morgan fingerprint density at radius 2 is 1.88 bits per heavy atom. The summed E-state index contributed by atoms with van der Waals surface area (Å²) in [6.45, 7) is 6.12. The standard InChI is InChI=1S/C32H47N5O4/c1-5-6-17-35(18-7-8-19-37(2,3)4)30(38)23-36-22-26(24-10-12-28-25(21-24)14-20-41-28)31(32(39)40)27(36)11-13-29-33-15-9-16-34-29/h9-10,12,15-16,21,26-27,31H,5-8,11,13-14,17-20,22-23H2,1-4H3/p+1/t26-,27+,31?/m1/s1. The van der Waals surface area contributed by atoms with Crippen LogP contribution in [0.15, 0.2) is 36.7 Å². The third-order valence-corrected chi connectivity index (χ3v) is 8.44. The molecule has 0 aliphatic carbocycles. The van der Waals surface area contributed by atoms with E-state index >= 15 is 0 Å². The van der Waals surface area contributed by atoms with E-state index in [2.05, 4.69) is 49.0 Å². The van der Waals surface area contributed by atoms with Crippen molar-refractivity contribution in [2.24, 2.45) is 5.92 Å². The molecule has 2 aliphatic heterocycles. The number of nitrogens with zero attached hydrogens (tertiary/aromatic N) is 5. The van der Waals surface area contributed by atoms with E-state index in [1.807, 2.05) is 17.0 Å². The summed E-state index contributed by atoms with van der Waals surface area (Å²) >= 11 is 0. The summed E-state index contributed by atoms with van der Waals surface area (Å²) in [5.41, 5.74) is 2.15. The number of carboxylic acids is 1. The number of hydrogen-bond donors (Lipinski definition) is 1. The summed E-state index contributed by atoms with van der Waals surface area (Å²) in [7, 11) is 6.58. The zero-order chi connectivity index (χ0) is 29.4. The van der Waals surface area contributed by atoms with Crippen LogP contribution < -0.4 is 4.74 Å². The third-order valence-electron chi connectivity index (χ3n) is 8.44. The van der Waals surface area contributed by atoms with Crippen molar-refractivity contribution in [3.63, 3.8) is 0 Å². The Labute approximate surface area is 245 Å². The first kappa shape index (κ1) is 30.9. The molecule has 9 nitrogen and oxygen atoms in total. The fraction of sp³-hybridized carbons (Fsp3) is 0.625. The second-order valence-electron chi connectivity index (χ2n) is 12.6. The number of likely N-dealkylation sites (tertiary alicyclic amines) is 1. The molecule has 0 spiro atoms. The number of quaternary nitrogens is 1. The molecule has 2 aliphatic rings. The number of ether oxygens (including phenoxy) is 1. The van der Waals surface area contributed by atoms with Gasteiger partial charge in [0.05, 0.1) is 46.8 Å². The summed E-state index contributed by atoms with van der Waals surface area (Å²) in [6.07, 6.45) is 9.44. The number of carbonyl (C=O) groups is 2. The molecule has 0 saturated carbocycles. The van der Waals surface area contributed by atoms with Crippen LogP contribution in [0.1, 0.15) is 61.9 Å². The molecule has 1 aromatic heterocycles. The van der Waals surface area contributed by atoms with E-state index in [0.29, 0.717) is 31.8 Å². The largest absolute Gasteiger partial charge is 0.493 e. The fourth-order valence-electron chi connectivity index (χ4n) is 6.24. The average Bonchev–Trinajstić information content (AvgIpc) is 3.55. The predicted molar refractivity (Wildman–Crippen MR) is 159 cm³/mol. The number of fused-ring (bicyclic) bond motifs is 1. The second-order valence-corrected chi connectivity index (χ2v) is 12.6. The van der Waals surface area contributed by atoms with E-state index in [0.717, 1.165) is 73.1 Å². The molecular weight excluding hydrogens is 518 g/mol. The van der Waals surface area contributed by atoms with Crippen molar-refractivity contribution >= 4 is 11.9 Å². The van der Waals surface area contributed by atoms with Crippen LogP contribution in [0.3, 0.4) is 0 Å². The van der Waals surface area contributed by atoms with E-state index in [1.165, 1.54) is 0 Å². The van der Waals surface area contributed by atoms with Crippen LogP contribution >= 0.6 is 0 Å². The van der Waals surface area contributed by atoms with Crippen LogP contribution in [0.2, 0.25) is 0 Å². The molecule has 9 heteroatoms. The summed E-state index contributed by atoms with van der Waals surface area (Å²) in [5, 5.41) is 10.5. The number of carboxylic acid groups (broad SMARTS) is 1. The summed E-state index contributed by atoms with van der Waals surface area (Å²) in [5.74, 6) is 0.0332. The Morgan fingerprint density at radius 3 is 2.59 bits per heavy atom. The molecule has 4 rings (SSSR count). The van der Waals surface area contributed by atoms with Crippen molar-refractivity contribution in [1.82, 2.24) is 19.8 Å². The normalized spacial score (nSPS) is 20.5. The molecule has 1 amide bonds. The first-order chi connectivity index (χ1) is 19.7. The number of unbranched alkanes of at least 4 members (excludes halogenated alkanes) is 2. The maximum atomic E-state index is 13.8. The molecule has 2 aromatic rings. The third kappa shape index (κ3) is 8.49. The smallest absolute Gasteiger partial charge is 0.308 e. The van der Waals surface area contributed by atoms with Gasteiger partial charge in [0.1, 0.15) is 11.6 Å². The van der Waals surface area contributed by atoms with Crippen molar-refractivity contribution in [3.05, 3.63) is 53.6 Å². The highest BCUT2D eigenvalue weighted by molar-refractivity contribution is 5.79. The first-order valence-electron chi connectivity index (χ1n) is 15.2. The maximum absolute atomic E-state index is 13.8. The van der Waals surface area contributed by atoms with Crippen molar-refractivity contribution in [2.75, 3.05) is 60.5 Å². The highest BCUT2D eigenvalue weighted by atomic mass is 16.5. The molecule has 1 fully saturated rings. The van der Waals surface area contributed by atoms with Gasteiger partial charge in [-0.1, -0.05) is 25.5 Å². The monoisotopic (exact) mass is 566 g/mol. The van der Waals surface area contributed by atoms with Crippen LogP contribution in [0.5, 0.6) is 5.75 Å². The van der Waals surface area contributed by atoms with Gasteiger partial charge in [0.2, 0.25) is 5.91 Å². The minimum atomic E-state index is -0.816. The van der Waals surface area contributed by atoms with Crippen LogP contribution in [0, 0.1) is 5.92 Å². The van der Waals surface area contributed by atoms with Crippen LogP contribution in [-0.4, -0.2) is 108 Å². The molecule has 1 unspecified atom stereocenters. The van der Waals surface area contributed by atoms with E-state index < -0.39 is 11.9 Å². The highest BCUT2D eigenvalue weighted by Crippen LogP contribution is 2.41. The lowest BCUT2D eigenvalue weighted by molar-refractivity contribution is -0.870. The van der Waals surface area contributed by atoms with Crippen molar-refractivity contribution in [1.29, 1.82) is 0 Å². The van der Waals surface area contributed by atoms with Crippen LogP contribution in [-0.2, 0) is 22.4 Å². The molecule has 3 atom stereocenters. The summed E-state index contributed by atoms with van der Waals surface area (Å²) < 4.78 is 6.61. The van der Waals surface area contributed by atoms with E-state index in [9.17, 15) is 14.7 Å². The SMILES string of the molecule is CCCCN(CCCC[N+](C)(C)C)C(=O)CN1C[C@H](c2ccc3c(c2)CCO3)C(C(=O)O)[C@@H]1CCc1ncccn1. The number of aryl methyl sites for hydroxylation is 1. The number of rotatable bonds is 15. The Kier molecular flexibility index (Phi) is 10.7. The van der Waals surface area contributed by atoms with Crippen molar-refractivity contribution in [2.45, 2.75) is 63.8 Å². The lowest BCUT2D eigenvalue weighted by atomic mass is 9.83. The Morgan fingerprint density at radius 1 is 1.12 bits per heavy atom. The molecule has 0 bridgehead atoms. The average molecular weight is 567 g/mol. The van der Waals surface area contributed by atoms with Crippen molar-refractivity contribution < 1.29 is 23.9 Å². The van der Waals surface area contributed by atoms with Gasteiger partial charge in [-0.2, -0.15) is 0 Å². The molecule has 0 radical (unpaired) electrons. The quantitative estimate of drug-likeness (QED) is 0.260. The molecule has 41 heavy (non-hydrogen) atoms. The molecule has 224 valence electrons. The number of amides is 1. The fourth-order valence-corrected chi connectivity index (χ4v) is 6.24. The highest BCUT2D eigenvalue weighted by Gasteiger charge is 2.47. The van der Waals surface area contributed by atoms with E-state index in [-0.39, 0.29) is 24.4 Å². The van der Waals surface area contributed by atoms with E-state index in [1.54, 1.807) is 18.5 Å². The number of benzene rings is 1. The van der Waals surface area contributed by atoms with Crippen molar-refractivity contribution in [3.8, 4) is 5.75 Å². The Hall–Kier alpha value is -3.04. The topological polar surface area (TPSA) is 95.9 Å². The lowest BCUT2D eigenvalue weighted by Crippen LogP contribution is -2.45. The van der Waals surface area contributed by atoms with Gasteiger partial charge in [-0.05, 0) is 48.9 Å². The van der Waals surface area contributed by atoms with Gasteiger partial charge in [0.25, 0.3) is 0 Å². The zero-order valence-electron chi connectivity index (χ0n) is 25.3. The van der Waals surface area contributed by atoms with Gasteiger partial charge in [0, 0.05) is 56.8 Å². The van der Waals surface area contributed by atoms with Crippen LogP contribution in [0.4, 0.5) is 0 Å². The zero-order valence-corrected chi connectivity index (χ0v) is 25.3. The van der Waals surface area contributed by atoms with Gasteiger partial charge in [-0.15, -0.1) is 0 Å². The minimum absolute atomic E-state index is 0.0943. The number of aliphatic carboxylic acids is 1. The minimum Gasteiger partial charge on any atom is -0.493 e. The van der Waals surface area contributed by atoms with Crippen LogP contribution in [0.25, 0.3) is 0 Å². The number of hydrogen-bond acceptors (Lipinski definition) is 6. The second kappa shape index (κ2) is 14.2. The molecule has 1 saturated heterocycles. The maximum Gasteiger partial charge on any atom is 0.308 e. The predicted octanol–water partition coefficient (Wildman–Crippen LogP) is 3.63. The first-order valence-corrected chi connectivity index (χ1v) is 15.2. The summed E-state index contributed by atoms with van der Waals surface area (Å²) in [6, 6.07) is 7.59. The van der Waals surface area contributed by atoms with Gasteiger partial charge in [-0.3, -0.25) is 14.5 Å². The molecule has 1 N–H and O–H groups in total. The van der Waals surface area contributed by atoms with E-state index in [4.69, 9.17) is 4.74 Å². The van der Waals surface area contributed by atoms with Gasteiger partial charge in [-0.25, -0.2) is 9.97 Å². The van der Waals surface area contributed by atoms with Gasteiger partial charge >= 0.3 is 5.97 Å². The Balaban J connectivity index is 1.54. The van der Waals surface area contributed by atoms with Gasteiger partial charge in [0.15, 0.2) is 0 Å². The Bertz CT molecular complexity index is 1150. The summed E-state index contributed by atoms with van der Waals surface area (Å²) in [4.78, 5) is 39.5. The molecule has 1 aromatic carbocycles. The molecule has 3 heterocycles.